The van der Waals surface area contributed by atoms with E-state index in [1.54, 1.807) is 0 Å². The molecule has 1 saturated carbocycles. The molecule has 1 aliphatic carbocycles. The minimum Gasteiger partial charge on any atom is -0.481 e. The molecule has 1 N–H and O–H groups in total. The van der Waals surface area contributed by atoms with Gasteiger partial charge in [-0.3, -0.25) is 9.59 Å². The third-order valence-electron chi connectivity index (χ3n) is 4.18. The van der Waals surface area contributed by atoms with Crippen LogP contribution in [0.1, 0.15) is 64.2 Å². The Labute approximate surface area is 127 Å². The number of unbranched alkanes of at least 4 members (excludes halogenated alkanes) is 5. The molecule has 0 amide bonds. The highest BCUT2D eigenvalue weighted by Crippen LogP contribution is 2.31. The number of allylic oxidation sites excluding steroid dienone is 1. The van der Waals surface area contributed by atoms with Gasteiger partial charge in [0, 0.05) is 0 Å². The first-order valence-electron chi connectivity index (χ1n) is 8.17. The average molecular weight is 296 g/mol. The van der Waals surface area contributed by atoms with Gasteiger partial charge in [-0.05, 0) is 32.1 Å². The largest absolute Gasteiger partial charge is 0.481 e. The van der Waals surface area contributed by atoms with Gasteiger partial charge >= 0.3 is 11.9 Å². The summed E-state index contributed by atoms with van der Waals surface area (Å²) < 4.78 is 5.27. The summed E-state index contributed by atoms with van der Waals surface area (Å²) in [7, 11) is 0. The van der Waals surface area contributed by atoms with E-state index in [0.29, 0.717) is 19.4 Å². The van der Waals surface area contributed by atoms with Crippen LogP contribution < -0.4 is 0 Å². The van der Waals surface area contributed by atoms with Crippen molar-refractivity contribution in [3.63, 3.8) is 0 Å². The lowest BCUT2D eigenvalue weighted by atomic mass is 9.79. The van der Waals surface area contributed by atoms with Crippen LogP contribution in [0.3, 0.4) is 0 Å². The molecule has 0 spiro atoms. The minimum atomic E-state index is -0.862. The third-order valence-corrected chi connectivity index (χ3v) is 4.18. The van der Waals surface area contributed by atoms with Gasteiger partial charge in [-0.25, -0.2) is 0 Å². The molecule has 120 valence electrons. The molecule has 0 aromatic heterocycles. The molecule has 0 heterocycles. The summed E-state index contributed by atoms with van der Waals surface area (Å²) in [6.45, 7) is 4.11. The van der Waals surface area contributed by atoms with Crippen LogP contribution in [0.25, 0.3) is 0 Å². The van der Waals surface area contributed by atoms with E-state index in [1.165, 1.54) is 12.8 Å². The predicted molar refractivity (Wildman–Crippen MR) is 81.9 cm³/mol. The van der Waals surface area contributed by atoms with Crippen molar-refractivity contribution >= 4 is 11.9 Å². The van der Waals surface area contributed by atoms with Crippen LogP contribution in [-0.4, -0.2) is 23.7 Å². The van der Waals surface area contributed by atoms with Crippen molar-refractivity contribution < 1.29 is 19.4 Å². The average Bonchev–Trinajstić information content (AvgIpc) is 2.49. The molecule has 0 aromatic rings. The van der Waals surface area contributed by atoms with E-state index < -0.39 is 17.8 Å². The zero-order chi connectivity index (χ0) is 15.5. The maximum Gasteiger partial charge on any atom is 0.309 e. The molecule has 0 aliphatic heterocycles. The van der Waals surface area contributed by atoms with Crippen molar-refractivity contribution in [1.29, 1.82) is 0 Å². The summed E-state index contributed by atoms with van der Waals surface area (Å²) in [6.07, 6.45) is 11.5. The first-order valence-corrected chi connectivity index (χ1v) is 8.17. The van der Waals surface area contributed by atoms with Crippen LogP contribution in [0.4, 0.5) is 0 Å². The van der Waals surface area contributed by atoms with E-state index in [9.17, 15) is 9.59 Å². The second-order valence-electron chi connectivity index (χ2n) is 5.85. The quantitative estimate of drug-likeness (QED) is 0.377. The Balaban J connectivity index is 2.14. The van der Waals surface area contributed by atoms with Crippen molar-refractivity contribution in [2.45, 2.75) is 64.2 Å². The molecule has 21 heavy (non-hydrogen) atoms. The fraction of sp³-hybridized carbons (Fsp3) is 0.765. The molecule has 0 aromatic carbocycles. The molecule has 0 radical (unpaired) electrons. The molecule has 1 aliphatic rings. The number of aliphatic carboxylic acids is 1. The summed E-state index contributed by atoms with van der Waals surface area (Å²) in [6, 6.07) is 0. The topological polar surface area (TPSA) is 63.6 Å². The first kappa shape index (κ1) is 17.7. The lowest BCUT2D eigenvalue weighted by molar-refractivity contribution is -0.159. The third kappa shape index (κ3) is 6.78. The Kier molecular flexibility index (Phi) is 8.79. The standard InChI is InChI=1S/C17H28O4/c1-2-3-4-5-6-7-10-13-21-17(20)15-12-9-8-11-14(15)16(18)19/h2,14-15H,1,3-13H2,(H,18,19). The van der Waals surface area contributed by atoms with Crippen LogP contribution in [0.15, 0.2) is 12.7 Å². The number of hydrogen-bond donors (Lipinski definition) is 1. The zero-order valence-corrected chi connectivity index (χ0v) is 12.9. The Bertz CT molecular complexity index is 338. The Hall–Kier alpha value is -1.32. The maximum atomic E-state index is 12.0. The van der Waals surface area contributed by atoms with Gasteiger partial charge in [-0.15, -0.1) is 6.58 Å². The van der Waals surface area contributed by atoms with Gasteiger partial charge in [-0.2, -0.15) is 0 Å². The van der Waals surface area contributed by atoms with Crippen molar-refractivity contribution in [3.8, 4) is 0 Å². The van der Waals surface area contributed by atoms with E-state index in [2.05, 4.69) is 6.58 Å². The van der Waals surface area contributed by atoms with Crippen molar-refractivity contribution in [2.75, 3.05) is 6.61 Å². The molecule has 4 nitrogen and oxygen atoms in total. The normalized spacial score (nSPS) is 21.7. The van der Waals surface area contributed by atoms with Crippen LogP contribution in [0.2, 0.25) is 0 Å². The summed E-state index contributed by atoms with van der Waals surface area (Å²) in [4.78, 5) is 23.1. The number of carbonyl (C=O) groups excluding carboxylic acids is 1. The van der Waals surface area contributed by atoms with E-state index in [1.807, 2.05) is 6.08 Å². The Morgan fingerprint density at radius 1 is 1.05 bits per heavy atom. The highest BCUT2D eigenvalue weighted by atomic mass is 16.5. The van der Waals surface area contributed by atoms with Crippen molar-refractivity contribution in [3.05, 3.63) is 12.7 Å². The van der Waals surface area contributed by atoms with Crippen LogP contribution in [0.5, 0.6) is 0 Å². The van der Waals surface area contributed by atoms with Crippen LogP contribution in [-0.2, 0) is 14.3 Å². The summed E-state index contributed by atoms with van der Waals surface area (Å²) in [5, 5.41) is 9.16. The second kappa shape index (κ2) is 10.4. The number of carbonyl (C=O) groups is 2. The van der Waals surface area contributed by atoms with E-state index in [0.717, 1.165) is 38.5 Å². The van der Waals surface area contributed by atoms with Gasteiger partial charge in [0.15, 0.2) is 0 Å². The molecule has 2 atom stereocenters. The van der Waals surface area contributed by atoms with Crippen LogP contribution >= 0.6 is 0 Å². The van der Waals surface area contributed by atoms with Gasteiger partial charge in [0.1, 0.15) is 0 Å². The smallest absolute Gasteiger partial charge is 0.309 e. The summed E-state index contributed by atoms with van der Waals surface area (Å²) >= 11 is 0. The minimum absolute atomic E-state index is 0.311. The molecule has 1 rings (SSSR count). The van der Waals surface area contributed by atoms with Crippen molar-refractivity contribution in [1.82, 2.24) is 0 Å². The van der Waals surface area contributed by atoms with Crippen LogP contribution in [0, 0.1) is 11.8 Å². The van der Waals surface area contributed by atoms with Crippen molar-refractivity contribution in [2.24, 2.45) is 11.8 Å². The lowest BCUT2D eigenvalue weighted by Crippen LogP contribution is -2.33. The van der Waals surface area contributed by atoms with Gasteiger partial charge in [-0.1, -0.05) is 38.2 Å². The highest BCUT2D eigenvalue weighted by Gasteiger charge is 2.36. The van der Waals surface area contributed by atoms with Gasteiger partial charge in [0.25, 0.3) is 0 Å². The molecular formula is C17H28O4. The lowest BCUT2D eigenvalue weighted by Gasteiger charge is -2.26. The number of hydrogen-bond acceptors (Lipinski definition) is 3. The fourth-order valence-electron chi connectivity index (χ4n) is 2.91. The first-order chi connectivity index (χ1) is 10.2. The number of ether oxygens (including phenoxy) is 1. The summed E-state index contributed by atoms with van der Waals surface area (Å²) in [5.41, 5.74) is 0. The molecule has 4 heteroatoms. The number of carboxylic acid groups (broad SMARTS) is 1. The number of carboxylic acids is 1. The molecule has 1 fully saturated rings. The highest BCUT2D eigenvalue weighted by molar-refractivity contribution is 5.81. The predicted octanol–water partition coefficient (Wildman–Crippen LogP) is 3.95. The SMILES string of the molecule is C=CCCCCCCCOC(=O)C1CCCCC1C(=O)O. The van der Waals surface area contributed by atoms with Gasteiger partial charge in [0.05, 0.1) is 18.4 Å². The number of rotatable bonds is 10. The Morgan fingerprint density at radius 3 is 2.33 bits per heavy atom. The van der Waals surface area contributed by atoms with Gasteiger partial charge < -0.3 is 9.84 Å². The second-order valence-corrected chi connectivity index (χ2v) is 5.85. The molecule has 0 bridgehead atoms. The molecule has 2 unspecified atom stereocenters. The molecule has 0 saturated heterocycles. The van der Waals surface area contributed by atoms with E-state index in [-0.39, 0.29) is 5.97 Å². The van der Waals surface area contributed by atoms with E-state index >= 15 is 0 Å². The van der Waals surface area contributed by atoms with E-state index in [4.69, 9.17) is 9.84 Å². The summed E-state index contributed by atoms with van der Waals surface area (Å²) in [5.74, 6) is -2.17. The monoisotopic (exact) mass is 296 g/mol. The maximum absolute atomic E-state index is 12.0. The zero-order valence-electron chi connectivity index (χ0n) is 12.9. The number of esters is 1. The fourth-order valence-corrected chi connectivity index (χ4v) is 2.91. The molecular weight excluding hydrogens is 268 g/mol. The van der Waals surface area contributed by atoms with Gasteiger partial charge in [0.2, 0.25) is 0 Å². The Morgan fingerprint density at radius 2 is 1.67 bits per heavy atom.